The summed E-state index contributed by atoms with van der Waals surface area (Å²) in [5, 5.41) is 3.47. The van der Waals surface area contributed by atoms with Crippen LogP contribution in [0.15, 0.2) is 0 Å². The first kappa shape index (κ1) is 12.9. The predicted molar refractivity (Wildman–Crippen MR) is 60.8 cm³/mol. The van der Waals surface area contributed by atoms with Crippen LogP contribution in [0.4, 0.5) is 0 Å². The summed E-state index contributed by atoms with van der Waals surface area (Å²) in [7, 11) is 3.45. The summed E-state index contributed by atoms with van der Waals surface area (Å²) in [5.41, 5.74) is 6.06. The first-order valence-corrected chi connectivity index (χ1v) is 5.53. The molecule has 3 N–H and O–H groups in total. The highest BCUT2D eigenvalue weighted by molar-refractivity contribution is 5.02. The van der Waals surface area contributed by atoms with Crippen LogP contribution in [0.5, 0.6) is 0 Å². The van der Waals surface area contributed by atoms with Crippen LogP contribution in [0.2, 0.25) is 0 Å². The van der Waals surface area contributed by atoms with Crippen LogP contribution in [0.1, 0.15) is 20.3 Å². The Labute approximate surface area is 92.5 Å². The van der Waals surface area contributed by atoms with Crippen LogP contribution in [-0.4, -0.2) is 45.6 Å². The van der Waals surface area contributed by atoms with E-state index in [0.717, 1.165) is 13.0 Å². The van der Waals surface area contributed by atoms with Gasteiger partial charge in [0.05, 0.1) is 12.7 Å². The molecule has 0 radical (unpaired) electrons. The lowest BCUT2D eigenvalue weighted by Gasteiger charge is -2.51. The van der Waals surface area contributed by atoms with Gasteiger partial charge in [0.25, 0.3) is 0 Å². The van der Waals surface area contributed by atoms with Gasteiger partial charge in [0.1, 0.15) is 0 Å². The quantitative estimate of drug-likeness (QED) is 0.673. The lowest BCUT2D eigenvalue weighted by atomic mass is 9.64. The van der Waals surface area contributed by atoms with Crippen molar-refractivity contribution in [3.63, 3.8) is 0 Å². The minimum Gasteiger partial charge on any atom is -0.383 e. The van der Waals surface area contributed by atoms with Crippen LogP contribution < -0.4 is 11.1 Å². The van der Waals surface area contributed by atoms with E-state index in [9.17, 15) is 0 Å². The molecule has 4 heteroatoms. The molecule has 1 rings (SSSR count). The molecule has 0 bridgehead atoms. The number of rotatable bonds is 6. The zero-order valence-electron chi connectivity index (χ0n) is 10.2. The normalized spacial score (nSPS) is 31.0. The molecule has 1 saturated carbocycles. The molecule has 1 aliphatic carbocycles. The third kappa shape index (κ3) is 2.91. The maximum Gasteiger partial charge on any atom is 0.0652 e. The molecule has 3 atom stereocenters. The Morgan fingerprint density at radius 3 is 2.60 bits per heavy atom. The van der Waals surface area contributed by atoms with Crippen LogP contribution >= 0.6 is 0 Å². The maximum atomic E-state index is 5.85. The molecule has 0 saturated heterocycles. The van der Waals surface area contributed by atoms with Gasteiger partial charge in [0, 0.05) is 38.3 Å². The fraction of sp³-hybridized carbons (Fsp3) is 1.00. The number of nitrogens with one attached hydrogen (secondary N) is 1. The molecule has 0 aromatic heterocycles. The molecule has 0 spiro atoms. The van der Waals surface area contributed by atoms with Gasteiger partial charge >= 0.3 is 0 Å². The van der Waals surface area contributed by atoms with Crippen molar-refractivity contribution in [3.8, 4) is 0 Å². The van der Waals surface area contributed by atoms with E-state index in [4.69, 9.17) is 15.2 Å². The average Bonchev–Trinajstić information content (AvgIpc) is 2.17. The Balaban J connectivity index is 2.24. The summed E-state index contributed by atoms with van der Waals surface area (Å²) in [4.78, 5) is 0. The van der Waals surface area contributed by atoms with Crippen LogP contribution in [-0.2, 0) is 9.47 Å². The van der Waals surface area contributed by atoms with E-state index in [1.165, 1.54) is 0 Å². The minimum absolute atomic E-state index is 0.0763. The van der Waals surface area contributed by atoms with Crippen LogP contribution in [0.3, 0.4) is 0 Å². The first-order chi connectivity index (χ1) is 7.02. The van der Waals surface area contributed by atoms with E-state index in [-0.39, 0.29) is 11.5 Å². The van der Waals surface area contributed by atoms with E-state index in [1.54, 1.807) is 14.2 Å². The van der Waals surface area contributed by atoms with Crippen molar-refractivity contribution < 1.29 is 9.47 Å². The Hall–Kier alpha value is -0.160. The molecule has 1 fully saturated rings. The zero-order valence-corrected chi connectivity index (χ0v) is 10.2. The first-order valence-electron chi connectivity index (χ1n) is 5.53. The van der Waals surface area contributed by atoms with Crippen molar-refractivity contribution in [1.82, 2.24) is 5.32 Å². The number of ether oxygens (including phenoxy) is 2. The van der Waals surface area contributed by atoms with Crippen LogP contribution in [0, 0.1) is 5.41 Å². The van der Waals surface area contributed by atoms with Gasteiger partial charge in [-0.1, -0.05) is 13.8 Å². The van der Waals surface area contributed by atoms with Crippen molar-refractivity contribution in [2.45, 2.75) is 38.5 Å². The smallest absolute Gasteiger partial charge is 0.0652 e. The molecule has 0 amide bonds. The van der Waals surface area contributed by atoms with E-state index in [0.29, 0.717) is 18.8 Å². The van der Waals surface area contributed by atoms with Crippen molar-refractivity contribution >= 4 is 0 Å². The molecule has 90 valence electrons. The largest absolute Gasteiger partial charge is 0.383 e. The average molecular weight is 216 g/mol. The number of hydrogen-bond acceptors (Lipinski definition) is 4. The summed E-state index contributed by atoms with van der Waals surface area (Å²) < 4.78 is 10.4. The van der Waals surface area contributed by atoms with Gasteiger partial charge in [0.15, 0.2) is 0 Å². The summed E-state index contributed by atoms with van der Waals surface area (Å²) in [6.07, 6.45) is 1.44. The fourth-order valence-corrected chi connectivity index (χ4v) is 2.20. The van der Waals surface area contributed by atoms with Crippen LogP contribution in [0.25, 0.3) is 0 Å². The molecule has 3 unspecified atom stereocenters. The number of hydrogen-bond donors (Lipinski definition) is 2. The highest BCUT2D eigenvalue weighted by atomic mass is 16.5. The van der Waals surface area contributed by atoms with Crippen molar-refractivity contribution in [2.24, 2.45) is 11.1 Å². The highest BCUT2D eigenvalue weighted by Crippen LogP contribution is 2.42. The Bertz CT molecular complexity index is 197. The fourth-order valence-electron chi connectivity index (χ4n) is 2.20. The zero-order chi connectivity index (χ0) is 11.5. The second-order valence-corrected chi connectivity index (χ2v) is 4.96. The van der Waals surface area contributed by atoms with E-state index in [2.05, 4.69) is 19.2 Å². The van der Waals surface area contributed by atoms with E-state index < -0.39 is 0 Å². The molecule has 0 aromatic carbocycles. The van der Waals surface area contributed by atoms with Gasteiger partial charge in [-0.25, -0.2) is 0 Å². The lowest BCUT2D eigenvalue weighted by molar-refractivity contribution is -0.0977. The summed E-state index contributed by atoms with van der Waals surface area (Å²) in [6.45, 7) is 5.86. The second-order valence-electron chi connectivity index (χ2n) is 4.96. The molecule has 0 heterocycles. The standard InChI is InChI=1S/C11H24N2O2/c1-11(2)9(5-10(11)15-4)13-6-8(12)7-14-3/h8-10,13H,5-7,12H2,1-4H3. The van der Waals surface area contributed by atoms with Gasteiger partial charge in [-0.2, -0.15) is 0 Å². The number of nitrogens with two attached hydrogens (primary N) is 1. The van der Waals surface area contributed by atoms with Crippen molar-refractivity contribution in [1.29, 1.82) is 0 Å². The van der Waals surface area contributed by atoms with Gasteiger partial charge in [-0.15, -0.1) is 0 Å². The molecular formula is C11H24N2O2. The van der Waals surface area contributed by atoms with Crippen molar-refractivity contribution in [2.75, 3.05) is 27.4 Å². The lowest BCUT2D eigenvalue weighted by Crippen LogP contribution is -2.62. The third-order valence-electron chi connectivity index (χ3n) is 3.47. The Morgan fingerprint density at radius 1 is 1.47 bits per heavy atom. The molecule has 15 heavy (non-hydrogen) atoms. The molecule has 0 aliphatic heterocycles. The summed E-state index contributed by atoms with van der Waals surface area (Å²) >= 11 is 0. The Morgan fingerprint density at radius 2 is 2.13 bits per heavy atom. The predicted octanol–water partition coefficient (Wildman–Crippen LogP) is 0.363. The molecule has 1 aliphatic rings. The SMILES string of the molecule is COCC(N)CNC1CC(OC)C1(C)C. The topological polar surface area (TPSA) is 56.5 Å². The molecule has 4 nitrogen and oxygen atoms in total. The van der Waals surface area contributed by atoms with E-state index in [1.807, 2.05) is 0 Å². The monoisotopic (exact) mass is 216 g/mol. The minimum atomic E-state index is 0.0763. The maximum absolute atomic E-state index is 5.85. The highest BCUT2D eigenvalue weighted by Gasteiger charge is 2.48. The Kier molecular flexibility index (Phi) is 4.52. The molecular weight excluding hydrogens is 192 g/mol. The van der Waals surface area contributed by atoms with Crippen molar-refractivity contribution in [3.05, 3.63) is 0 Å². The van der Waals surface area contributed by atoms with Gasteiger partial charge in [-0.3, -0.25) is 0 Å². The third-order valence-corrected chi connectivity index (χ3v) is 3.47. The van der Waals surface area contributed by atoms with Gasteiger partial charge in [-0.05, 0) is 6.42 Å². The summed E-state index contributed by atoms with van der Waals surface area (Å²) in [5.74, 6) is 0. The van der Waals surface area contributed by atoms with Gasteiger partial charge in [0.2, 0.25) is 0 Å². The second kappa shape index (κ2) is 5.25. The van der Waals surface area contributed by atoms with Gasteiger partial charge < -0.3 is 20.5 Å². The summed E-state index contributed by atoms with van der Waals surface area (Å²) in [6, 6.07) is 0.581. The number of methoxy groups -OCH3 is 2. The molecule has 0 aromatic rings. The van der Waals surface area contributed by atoms with E-state index >= 15 is 0 Å².